The predicted octanol–water partition coefficient (Wildman–Crippen LogP) is 3.13. The fraction of sp³-hybridized carbons (Fsp3) is 0.667. The summed E-state index contributed by atoms with van der Waals surface area (Å²) in [5.41, 5.74) is 4.05. The first kappa shape index (κ1) is 24.2. The number of guanidine groups is 1. The number of hydrogen-bond acceptors (Lipinski definition) is 3. The predicted molar refractivity (Wildman–Crippen MR) is 126 cm³/mol. The highest BCUT2D eigenvalue weighted by Gasteiger charge is 2.08. The minimum absolute atomic E-state index is 0. The van der Waals surface area contributed by atoms with Crippen molar-refractivity contribution in [2.75, 3.05) is 52.5 Å². The van der Waals surface area contributed by atoms with Gasteiger partial charge in [0.25, 0.3) is 0 Å². The van der Waals surface area contributed by atoms with Crippen LogP contribution in [0.1, 0.15) is 36.5 Å². The summed E-state index contributed by atoms with van der Waals surface area (Å²) in [6.45, 7) is 14.2. The van der Waals surface area contributed by atoms with Gasteiger partial charge >= 0.3 is 0 Å². The number of ether oxygens (including phenoxy) is 1. The molecule has 1 aliphatic heterocycles. The second kappa shape index (κ2) is 14.2. The van der Waals surface area contributed by atoms with Crippen molar-refractivity contribution in [3.63, 3.8) is 0 Å². The summed E-state index contributed by atoms with van der Waals surface area (Å²) in [4.78, 5) is 7.20. The molecule has 1 saturated heterocycles. The molecule has 0 radical (unpaired) electrons. The van der Waals surface area contributed by atoms with Crippen molar-refractivity contribution < 1.29 is 4.74 Å². The van der Waals surface area contributed by atoms with E-state index in [4.69, 9.17) is 9.73 Å². The Balaban J connectivity index is 0.00000364. The average Bonchev–Trinajstić information content (AvgIpc) is 2.61. The quantitative estimate of drug-likeness (QED) is 0.243. The van der Waals surface area contributed by atoms with Gasteiger partial charge in [-0.05, 0) is 52.1 Å². The Bertz CT molecular complexity index is 539. The first-order chi connectivity index (χ1) is 12.7. The molecule has 0 unspecified atom stereocenters. The van der Waals surface area contributed by atoms with Crippen molar-refractivity contribution in [1.29, 1.82) is 0 Å². The number of hydrogen-bond donors (Lipinski definition) is 2. The summed E-state index contributed by atoms with van der Waals surface area (Å²) in [7, 11) is 0. The van der Waals surface area contributed by atoms with Crippen LogP contribution in [0.5, 0.6) is 0 Å². The highest BCUT2D eigenvalue weighted by atomic mass is 127. The minimum atomic E-state index is 0. The summed E-state index contributed by atoms with van der Waals surface area (Å²) in [6, 6.07) is 6.76. The topological polar surface area (TPSA) is 48.9 Å². The van der Waals surface area contributed by atoms with Gasteiger partial charge in [0.15, 0.2) is 5.96 Å². The van der Waals surface area contributed by atoms with E-state index in [0.29, 0.717) is 0 Å². The van der Waals surface area contributed by atoms with Crippen molar-refractivity contribution in [1.82, 2.24) is 15.5 Å². The van der Waals surface area contributed by atoms with E-state index in [-0.39, 0.29) is 24.0 Å². The Morgan fingerprint density at radius 3 is 2.44 bits per heavy atom. The smallest absolute Gasteiger partial charge is 0.191 e. The summed E-state index contributed by atoms with van der Waals surface area (Å²) < 4.78 is 5.39. The molecule has 154 valence electrons. The summed E-state index contributed by atoms with van der Waals surface area (Å²) >= 11 is 0. The van der Waals surface area contributed by atoms with E-state index in [1.807, 2.05) is 0 Å². The van der Waals surface area contributed by atoms with Crippen LogP contribution in [0.3, 0.4) is 0 Å². The Morgan fingerprint density at radius 2 is 1.78 bits per heavy atom. The fourth-order valence-corrected chi connectivity index (χ4v) is 3.34. The lowest BCUT2D eigenvalue weighted by molar-refractivity contribution is 0.0373. The SMILES string of the molecule is CCNC(=NCCCCN1CCOCC1)NCCc1cc(C)cc(C)c1.I. The second-order valence-electron chi connectivity index (χ2n) is 7.09. The van der Waals surface area contributed by atoms with Gasteiger partial charge in [-0.15, -0.1) is 24.0 Å². The van der Waals surface area contributed by atoms with E-state index >= 15 is 0 Å². The van der Waals surface area contributed by atoms with Crippen LogP contribution >= 0.6 is 24.0 Å². The van der Waals surface area contributed by atoms with E-state index in [1.165, 1.54) is 23.1 Å². The van der Waals surface area contributed by atoms with E-state index in [1.54, 1.807) is 0 Å². The zero-order valence-electron chi connectivity index (χ0n) is 17.2. The number of morpholine rings is 1. The van der Waals surface area contributed by atoms with Gasteiger partial charge < -0.3 is 15.4 Å². The van der Waals surface area contributed by atoms with Crippen LogP contribution in [-0.2, 0) is 11.2 Å². The van der Waals surface area contributed by atoms with Crippen LogP contribution < -0.4 is 10.6 Å². The molecule has 0 aliphatic carbocycles. The highest BCUT2D eigenvalue weighted by molar-refractivity contribution is 14.0. The van der Waals surface area contributed by atoms with Crippen molar-refractivity contribution in [2.45, 2.75) is 40.0 Å². The molecule has 0 atom stereocenters. The lowest BCUT2D eigenvalue weighted by Crippen LogP contribution is -2.38. The zero-order valence-corrected chi connectivity index (χ0v) is 19.6. The van der Waals surface area contributed by atoms with Gasteiger partial charge in [0.2, 0.25) is 0 Å². The molecule has 1 aromatic carbocycles. The van der Waals surface area contributed by atoms with Crippen LogP contribution in [0.4, 0.5) is 0 Å². The first-order valence-corrected chi connectivity index (χ1v) is 10.1. The average molecular weight is 488 g/mol. The summed E-state index contributed by atoms with van der Waals surface area (Å²) in [5, 5.41) is 6.80. The molecule has 0 saturated carbocycles. The normalized spacial score (nSPS) is 15.3. The number of aliphatic imine (C=N–C) groups is 1. The van der Waals surface area contributed by atoms with E-state index < -0.39 is 0 Å². The molecular weight excluding hydrogens is 451 g/mol. The number of nitrogens with one attached hydrogen (secondary N) is 2. The van der Waals surface area contributed by atoms with Crippen molar-refractivity contribution in [2.24, 2.45) is 4.99 Å². The van der Waals surface area contributed by atoms with Gasteiger partial charge in [0.1, 0.15) is 0 Å². The Hall–Kier alpha value is -0.860. The molecule has 2 rings (SSSR count). The largest absolute Gasteiger partial charge is 0.379 e. The molecule has 5 nitrogen and oxygen atoms in total. The Labute approximate surface area is 182 Å². The number of benzene rings is 1. The van der Waals surface area contributed by atoms with E-state index in [9.17, 15) is 0 Å². The maximum atomic E-state index is 5.39. The molecule has 27 heavy (non-hydrogen) atoms. The third-order valence-electron chi connectivity index (χ3n) is 4.59. The molecular formula is C21H37IN4O. The van der Waals surface area contributed by atoms with Crippen molar-refractivity contribution in [3.05, 3.63) is 34.9 Å². The number of nitrogens with zero attached hydrogens (tertiary/aromatic N) is 2. The third kappa shape index (κ3) is 10.3. The van der Waals surface area contributed by atoms with Gasteiger partial charge in [-0.25, -0.2) is 0 Å². The lowest BCUT2D eigenvalue weighted by Gasteiger charge is -2.26. The standard InChI is InChI=1S/C21H36N4O.HI/c1-4-22-21(23-8-5-6-10-25-11-13-26-14-12-25)24-9-7-20-16-18(2)15-19(3)17-20;/h15-17H,4-14H2,1-3H3,(H2,22,23,24);1H. The molecule has 0 bridgehead atoms. The summed E-state index contributed by atoms with van der Waals surface area (Å²) in [6.07, 6.45) is 3.35. The van der Waals surface area contributed by atoms with E-state index in [2.05, 4.69) is 54.5 Å². The molecule has 0 aromatic heterocycles. The molecule has 6 heteroatoms. The molecule has 1 heterocycles. The molecule has 0 spiro atoms. The number of halogens is 1. The lowest BCUT2D eigenvalue weighted by atomic mass is 10.1. The van der Waals surface area contributed by atoms with Crippen LogP contribution in [0.25, 0.3) is 0 Å². The maximum Gasteiger partial charge on any atom is 0.191 e. The molecule has 0 amide bonds. The Morgan fingerprint density at radius 1 is 1.07 bits per heavy atom. The van der Waals surface area contributed by atoms with Crippen LogP contribution in [0.15, 0.2) is 23.2 Å². The number of rotatable bonds is 9. The van der Waals surface area contributed by atoms with Gasteiger partial charge in [-0.3, -0.25) is 9.89 Å². The monoisotopic (exact) mass is 488 g/mol. The molecule has 2 N–H and O–H groups in total. The molecule has 1 aromatic rings. The highest BCUT2D eigenvalue weighted by Crippen LogP contribution is 2.09. The Kier molecular flexibility index (Phi) is 12.7. The number of unbranched alkanes of at least 4 members (excludes halogenated alkanes) is 1. The molecule has 1 fully saturated rings. The fourth-order valence-electron chi connectivity index (χ4n) is 3.34. The van der Waals surface area contributed by atoms with Crippen LogP contribution in [-0.4, -0.2) is 63.3 Å². The first-order valence-electron chi connectivity index (χ1n) is 10.1. The van der Waals surface area contributed by atoms with Crippen LogP contribution in [0, 0.1) is 13.8 Å². The molecule has 1 aliphatic rings. The summed E-state index contributed by atoms with van der Waals surface area (Å²) in [5.74, 6) is 0.934. The second-order valence-corrected chi connectivity index (χ2v) is 7.09. The number of aryl methyl sites for hydroxylation is 2. The van der Waals surface area contributed by atoms with Gasteiger partial charge in [0.05, 0.1) is 13.2 Å². The van der Waals surface area contributed by atoms with E-state index in [0.717, 1.165) is 71.3 Å². The maximum absolute atomic E-state index is 5.39. The third-order valence-corrected chi connectivity index (χ3v) is 4.59. The minimum Gasteiger partial charge on any atom is -0.379 e. The van der Waals surface area contributed by atoms with Crippen molar-refractivity contribution >= 4 is 29.9 Å². The van der Waals surface area contributed by atoms with Crippen LogP contribution in [0.2, 0.25) is 0 Å². The van der Waals surface area contributed by atoms with Gasteiger partial charge in [-0.1, -0.05) is 29.3 Å². The van der Waals surface area contributed by atoms with Gasteiger partial charge in [0, 0.05) is 32.7 Å². The zero-order chi connectivity index (χ0) is 18.6. The van der Waals surface area contributed by atoms with Gasteiger partial charge in [-0.2, -0.15) is 0 Å². The van der Waals surface area contributed by atoms with Crippen molar-refractivity contribution in [3.8, 4) is 0 Å².